The number of carboxylic acids is 1. The zero-order chi connectivity index (χ0) is 16.1. The van der Waals surface area contributed by atoms with E-state index < -0.39 is 11.8 Å². The Labute approximate surface area is 127 Å². The fourth-order valence-corrected chi connectivity index (χ4v) is 1.88. The number of aromatic carboxylic acids is 1. The predicted octanol–water partition coefficient (Wildman–Crippen LogP) is 3.00. The third-order valence-electron chi connectivity index (χ3n) is 3.03. The van der Waals surface area contributed by atoms with Crippen molar-refractivity contribution in [3.05, 3.63) is 65.2 Å². The van der Waals surface area contributed by atoms with Crippen molar-refractivity contribution in [2.45, 2.75) is 0 Å². The number of hydrogen-bond donors (Lipinski definition) is 2. The van der Waals surface area contributed by atoms with E-state index in [0.717, 1.165) is 0 Å². The maximum Gasteiger partial charge on any atom is 0.335 e. The number of hydrogen-bond acceptors (Lipinski definition) is 4. The molecule has 0 atom stereocenters. The lowest BCUT2D eigenvalue weighted by atomic mass is 10.1. The lowest BCUT2D eigenvalue weighted by Crippen LogP contribution is -1.97. The number of ketones is 1. The summed E-state index contributed by atoms with van der Waals surface area (Å²) in [7, 11) is 1.47. The van der Waals surface area contributed by atoms with Crippen LogP contribution >= 0.6 is 0 Å². The third-order valence-corrected chi connectivity index (χ3v) is 3.03. The molecule has 2 aromatic carbocycles. The number of ether oxygens (including phenoxy) is 1. The van der Waals surface area contributed by atoms with Gasteiger partial charge in [-0.3, -0.25) is 4.79 Å². The number of methoxy groups -OCH3 is 1. The summed E-state index contributed by atoms with van der Waals surface area (Å²) in [5.74, 6) is -1.12. The van der Waals surface area contributed by atoms with Gasteiger partial charge in [-0.1, -0.05) is 18.2 Å². The first kappa shape index (κ1) is 15.3. The molecule has 0 spiro atoms. The third kappa shape index (κ3) is 3.52. The molecule has 0 aromatic heterocycles. The van der Waals surface area contributed by atoms with Crippen LogP contribution in [0.3, 0.4) is 0 Å². The van der Waals surface area contributed by atoms with Crippen molar-refractivity contribution in [1.29, 1.82) is 0 Å². The molecular formula is C17H14O5. The second-order valence-corrected chi connectivity index (χ2v) is 4.51. The Morgan fingerprint density at radius 2 is 1.91 bits per heavy atom. The lowest BCUT2D eigenvalue weighted by Gasteiger charge is -2.04. The number of carbonyl (C=O) groups excluding carboxylic acids is 1. The maximum atomic E-state index is 12.1. The molecule has 22 heavy (non-hydrogen) atoms. The monoisotopic (exact) mass is 298 g/mol. The summed E-state index contributed by atoms with van der Waals surface area (Å²) in [6, 6.07) is 10.6. The number of aromatic hydroxyl groups is 1. The fraction of sp³-hybridized carbons (Fsp3) is 0.0588. The second kappa shape index (κ2) is 6.58. The van der Waals surface area contributed by atoms with Crippen molar-refractivity contribution in [3.63, 3.8) is 0 Å². The number of benzene rings is 2. The molecule has 0 aliphatic heterocycles. The van der Waals surface area contributed by atoms with Crippen LogP contribution in [0, 0.1) is 0 Å². The van der Waals surface area contributed by atoms with Gasteiger partial charge in [0.15, 0.2) is 5.78 Å². The van der Waals surface area contributed by atoms with Crippen LogP contribution in [-0.4, -0.2) is 29.1 Å². The van der Waals surface area contributed by atoms with Gasteiger partial charge in [0.2, 0.25) is 0 Å². The van der Waals surface area contributed by atoms with Gasteiger partial charge < -0.3 is 14.9 Å². The smallest absolute Gasteiger partial charge is 0.335 e. The van der Waals surface area contributed by atoms with E-state index in [1.165, 1.54) is 43.5 Å². The molecule has 0 unspecified atom stereocenters. The quantitative estimate of drug-likeness (QED) is 0.655. The molecule has 5 nitrogen and oxygen atoms in total. The number of rotatable bonds is 5. The Morgan fingerprint density at radius 1 is 1.14 bits per heavy atom. The molecule has 0 saturated carbocycles. The SMILES string of the molecule is COc1ccc(O)c(C(=O)C=Cc2cccc(C(=O)O)c2)c1. The van der Waals surface area contributed by atoms with Gasteiger partial charge in [-0.15, -0.1) is 0 Å². The summed E-state index contributed by atoms with van der Waals surface area (Å²) in [4.78, 5) is 23.0. The van der Waals surface area contributed by atoms with Crippen LogP contribution < -0.4 is 4.74 Å². The Kier molecular flexibility index (Phi) is 4.58. The van der Waals surface area contributed by atoms with Gasteiger partial charge >= 0.3 is 5.97 Å². The van der Waals surface area contributed by atoms with Crippen molar-refractivity contribution in [1.82, 2.24) is 0 Å². The van der Waals surface area contributed by atoms with Crippen molar-refractivity contribution in [3.8, 4) is 11.5 Å². The number of carbonyl (C=O) groups is 2. The van der Waals surface area contributed by atoms with Gasteiger partial charge in [0.1, 0.15) is 11.5 Å². The molecule has 0 aliphatic rings. The Balaban J connectivity index is 2.25. The average molecular weight is 298 g/mol. The van der Waals surface area contributed by atoms with Crippen LogP contribution in [0.5, 0.6) is 11.5 Å². The van der Waals surface area contributed by atoms with Crippen LogP contribution in [0.2, 0.25) is 0 Å². The zero-order valence-corrected chi connectivity index (χ0v) is 11.8. The van der Waals surface area contributed by atoms with E-state index in [0.29, 0.717) is 11.3 Å². The van der Waals surface area contributed by atoms with Gasteiger partial charge in [0.25, 0.3) is 0 Å². The number of phenolic OH excluding ortho intramolecular Hbond substituents is 1. The molecule has 0 fully saturated rings. The molecule has 0 bridgehead atoms. The van der Waals surface area contributed by atoms with E-state index in [4.69, 9.17) is 9.84 Å². The molecule has 2 rings (SSSR count). The first-order chi connectivity index (χ1) is 10.5. The molecule has 0 heterocycles. The molecule has 112 valence electrons. The molecular weight excluding hydrogens is 284 g/mol. The molecule has 2 N–H and O–H groups in total. The summed E-state index contributed by atoms with van der Waals surface area (Å²) < 4.78 is 5.01. The minimum atomic E-state index is -1.04. The number of phenols is 1. The predicted molar refractivity (Wildman–Crippen MR) is 81.4 cm³/mol. The Hall–Kier alpha value is -3.08. The minimum Gasteiger partial charge on any atom is -0.507 e. The zero-order valence-electron chi connectivity index (χ0n) is 11.8. The molecule has 2 aromatic rings. The summed E-state index contributed by atoms with van der Waals surface area (Å²) >= 11 is 0. The first-order valence-corrected chi connectivity index (χ1v) is 6.44. The largest absolute Gasteiger partial charge is 0.507 e. The summed E-state index contributed by atoms with van der Waals surface area (Å²) in [6.45, 7) is 0. The van der Waals surface area contributed by atoms with Gasteiger partial charge in [0, 0.05) is 0 Å². The molecule has 5 heteroatoms. The van der Waals surface area contributed by atoms with Crippen molar-refractivity contribution >= 4 is 17.8 Å². The van der Waals surface area contributed by atoms with Crippen molar-refractivity contribution < 1.29 is 24.5 Å². The second-order valence-electron chi connectivity index (χ2n) is 4.51. The highest BCUT2D eigenvalue weighted by atomic mass is 16.5. The highest BCUT2D eigenvalue weighted by Gasteiger charge is 2.10. The maximum absolute atomic E-state index is 12.1. The van der Waals surface area contributed by atoms with Gasteiger partial charge in [-0.2, -0.15) is 0 Å². The summed E-state index contributed by atoms with van der Waals surface area (Å²) in [5, 5.41) is 18.6. The van der Waals surface area contributed by atoms with E-state index in [2.05, 4.69) is 0 Å². The number of allylic oxidation sites excluding steroid dienone is 1. The van der Waals surface area contributed by atoms with Crippen LogP contribution in [0.1, 0.15) is 26.3 Å². The van der Waals surface area contributed by atoms with Gasteiger partial charge in [-0.05, 0) is 42.0 Å². The highest BCUT2D eigenvalue weighted by Crippen LogP contribution is 2.23. The number of carboxylic acid groups (broad SMARTS) is 1. The van der Waals surface area contributed by atoms with E-state index in [-0.39, 0.29) is 16.9 Å². The van der Waals surface area contributed by atoms with E-state index in [9.17, 15) is 14.7 Å². The summed E-state index contributed by atoms with van der Waals surface area (Å²) in [5.41, 5.74) is 0.833. The normalized spacial score (nSPS) is 10.6. The average Bonchev–Trinajstić information content (AvgIpc) is 2.53. The Bertz CT molecular complexity index is 746. The van der Waals surface area contributed by atoms with Crippen LogP contribution in [0.15, 0.2) is 48.5 Å². The van der Waals surface area contributed by atoms with Crippen molar-refractivity contribution in [2.75, 3.05) is 7.11 Å². The molecule has 0 amide bonds. The van der Waals surface area contributed by atoms with Crippen LogP contribution in [-0.2, 0) is 0 Å². The standard InChI is InChI=1S/C17H14O5/c1-22-13-6-8-16(19)14(10-13)15(18)7-5-11-3-2-4-12(9-11)17(20)21/h2-10,19H,1H3,(H,20,21). The first-order valence-electron chi connectivity index (χ1n) is 6.44. The fourth-order valence-electron chi connectivity index (χ4n) is 1.88. The van der Waals surface area contributed by atoms with E-state index in [1.807, 2.05) is 0 Å². The van der Waals surface area contributed by atoms with Gasteiger partial charge in [0.05, 0.1) is 18.2 Å². The molecule has 0 radical (unpaired) electrons. The van der Waals surface area contributed by atoms with E-state index >= 15 is 0 Å². The van der Waals surface area contributed by atoms with Crippen molar-refractivity contribution in [2.24, 2.45) is 0 Å². The highest BCUT2D eigenvalue weighted by molar-refractivity contribution is 6.08. The van der Waals surface area contributed by atoms with E-state index in [1.54, 1.807) is 18.2 Å². The topological polar surface area (TPSA) is 83.8 Å². The van der Waals surface area contributed by atoms with Crippen LogP contribution in [0.4, 0.5) is 0 Å². The molecule has 0 aliphatic carbocycles. The lowest BCUT2D eigenvalue weighted by molar-refractivity contribution is 0.0696. The molecule has 0 saturated heterocycles. The van der Waals surface area contributed by atoms with Crippen LogP contribution in [0.25, 0.3) is 6.08 Å². The summed E-state index contributed by atoms with van der Waals surface area (Å²) in [6.07, 6.45) is 2.77. The van der Waals surface area contributed by atoms with Gasteiger partial charge in [-0.25, -0.2) is 4.79 Å². The minimum absolute atomic E-state index is 0.116. The Morgan fingerprint density at radius 3 is 2.59 bits per heavy atom.